The van der Waals surface area contributed by atoms with Gasteiger partial charge in [0.2, 0.25) is 0 Å². The van der Waals surface area contributed by atoms with Crippen LogP contribution in [0.5, 0.6) is 0 Å². The van der Waals surface area contributed by atoms with Crippen LogP contribution in [0.1, 0.15) is 105 Å². The number of ether oxygens (including phenoxy) is 1. The molecule has 0 spiro atoms. The van der Waals surface area contributed by atoms with Crippen LogP contribution < -0.4 is 5.32 Å². The lowest BCUT2D eigenvalue weighted by Crippen LogP contribution is -2.28. The van der Waals surface area contributed by atoms with Crippen LogP contribution in [0.3, 0.4) is 0 Å². The number of unbranched alkanes of at least 4 members (excludes halogenated alkanes) is 10. The maximum Gasteiger partial charge on any atom is 0.407 e. The van der Waals surface area contributed by atoms with Crippen molar-refractivity contribution in [2.75, 3.05) is 19.7 Å². The number of nitrogens with zero attached hydrogens (tertiary/aromatic N) is 1. The molecule has 1 aliphatic rings. The van der Waals surface area contributed by atoms with Crippen molar-refractivity contribution in [3.8, 4) is 0 Å². The Bertz CT molecular complexity index is 570. The molecule has 0 aliphatic carbocycles. The van der Waals surface area contributed by atoms with Crippen LogP contribution in [0, 0.1) is 0 Å². The van der Waals surface area contributed by atoms with Crippen LogP contribution in [0.15, 0.2) is 11.6 Å². The molecular weight excluding hydrogens is 392 g/mol. The minimum absolute atomic E-state index is 0.187. The predicted molar refractivity (Wildman–Crippen MR) is 126 cm³/mol. The molecule has 2 N–H and O–H groups in total. The zero-order valence-electron chi connectivity index (χ0n) is 20.6. The number of aliphatic carboxylic acids is 1. The molecule has 31 heavy (non-hydrogen) atoms. The number of amides is 1. The van der Waals surface area contributed by atoms with Crippen molar-refractivity contribution >= 4 is 12.1 Å². The van der Waals surface area contributed by atoms with Gasteiger partial charge >= 0.3 is 12.1 Å². The first kappa shape index (κ1) is 27.5. The zero-order chi connectivity index (χ0) is 23.3. The van der Waals surface area contributed by atoms with Crippen molar-refractivity contribution in [2.45, 2.75) is 116 Å². The van der Waals surface area contributed by atoms with Gasteiger partial charge in [0, 0.05) is 29.7 Å². The second kappa shape index (κ2) is 13.8. The van der Waals surface area contributed by atoms with Crippen molar-refractivity contribution in [1.29, 1.82) is 0 Å². The topological polar surface area (TPSA) is 78.6 Å². The van der Waals surface area contributed by atoms with Crippen molar-refractivity contribution < 1.29 is 19.4 Å². The molecule has 0 aromatic heterocycles. The van der Waals surface area contributed by atoms with E-state index < -0.39 is 5.97 Å². The molecule has 0 aromatic rings. The Hall–Kier alpha value is -1.56. The minimum Gasteiger partial charge on any atom is -0.478 e. The summed E-state index contributed by atoms with van der Waals surface area (Å²) in [6, 6.07) is 0. The fraction of sp³-hybridized carbons (Fsp3) is 0.840. The third-order valence-electron chi connectivity index (χ3n) is 7.03. The minimum atomic E-state index is -0.814. The monoisotopic (exact) mass is 438 g/mol. The summed E-state index contributed by atoms with van der Waals surface area (Å²) in [7, 11) is 0. The number of carboxylic acids is 1. The Morgan fingerprint density at radius 2 is 1.35 bits per heavy atom. The fourth-order valence-electron chi connectivity index (χ4n) is 4.14. The number of nitrogens with one attached hydrogen (secondary N) is 1. The number of hydrogen-bond donors (Lipinski definition) is 2. The maximum atomic E-state index is 11.8. The third kappa shape index (κ3) is 10.1. The molecule has 1 amide bonds. The molecule has 0 saturated carbocycles. The Morgan fingerprint density at radius 1 is 0.871 bits per heavy atom. The maximum absolute atomic E-state index is 11.8. The quantitative estimate of drug-likeness (QED) is 0.168. The molecule has 6 heteroatoms. The van der Waals surface area contributed by atoms with E-state index in [2.05, 4.69) is 37.9 Å². The summed E-state index contributed by atoms with van der Waals surface area (Å²) >= 11 is 0. The SMILES string of the molecule is CC(=CCCCCCCCCCCCCNC(=O)OCCN1C(C)(C)C1(C)C)C(=O)O. The highest BCUT2D eigenvalue weighted by atomic mass is 16.5. The summed E-state index contributed by atoms with van der Waals surface area (Å²) in [5.74, 6) is -0.814. The van der Waals surface area contributed by atoms with E-state index in [1.165, 1.54) is 44.9 Å². The summed E-state index contributed by atoms with van der Waals surface area (Å²) in [6.45, 7) is 12.5. The van der Waals surface area contributed by atoms with Crippen LogP contribution in [0.2, 0.25) is 0 Å². The number of hydrogen-bond acceptors (Lipinski definition) is 4. The Labute approximate surface area is 189 Å². The molecular formula is C25H46N2O4. The van der Waals surface area contributed by atoms with Crippen molar-refractivity contribution in [3.05, 3.63) is 11.6 Å². The van der Waals surface area contributed by atoms with Crippen molar-refractivity contribution in [2.24, 2.45) is 0 Å². The molecule has 6 nitrogen and oxygen atoms in total. The van der Waals surface area contributed by atoms with E-state index in [0.717, 1.165) is 32.2 Å². The van der Waals surface area contributed by atoms with Gasteiger partial charge in [-0.1, -0.05) is 57.4 Å². The smallest absolute Gasteiger partial charge is 0.407 e. The second-order valence-corrected chi connectivity index (χ2v) is 9.85. The molecule has 180 valence electrons. The number of carbonyl (C=O) groups is 2. The van der Waals surface area contributed by atoms with Crippen molar-refractivity contribution in [1.82, 2.24) is 10.2 Å². The highest BCUT2D eigenvalue weighted by molar-refractivity contribution is 5.85. The van der Waals surface area contributed by atoms with Gasteiger partial charge in [0.1, 0.15) is 6.61 Å². The average molecular weight is 439 g/mol. The van der Waals surface area contributed by atoms with Crippen LogP contribution in [0.25, 0.3) is 0 Å². The molecule has 0 atom stereocenters. The normalized spacial score (nSPS) is 17.4. The van der Waals surface area contributed by atoms with Gasteiger partial charge in [0.25, 0.3) is 0 Å². The zero-order valence-corrected chi connectivity index (χ0v) is 20.6. The number of alkyl carbamates (subject to hydrolysis) is 1. The fourth-order valence-corrected chi connectivity index (χ4v) is 4.14. The first-order valence-electron chi connectivity index (χ1n) is 12.2. The largest absolute Gasteiger partial charge is 0.478 e. The molecule has 1 heterocycles. The Balaban J connectivity index is 1.82. The molecule has 1 aliphatic heterocycles. The highest BCUT2D eigenvalue weighted by Crippen LogP contribution is 2.50. The summed E-state index contributed by atoms with van der Waals surface area (Å²) in [5, 5.41) is 11.6. The van der Waals surface area contributed by atoms with Gasteiger partial charge in [0.05, 0.1) is 0 Å². The number of carbonyl (C=O) groups excluding carboxylic acids is 1. The van der Waals surface area contributed by atoms with Gasteiger partial charge in [-0.05, 0) is 53.9 Å². The van der Waals surface area contributed by atoms with Gasteiger partial charge in [0.15, 0.2) is 0 Å². The first-order chi connectivity index (χ1) is 14.6. The van der Waals surface area contributed by atoms with E-state index in [1.807, 2.05) is 6.08 Å². The average Bonchev–Trinajstić information content (AvgIpc) is 3.09. The standard InChI is InChI=1S/C25H46N2O4/c1-21(22(28)29)17-15-13-11-9-7-6-8-10-12-14-16-18-26-23(30)31-20-19-27-24(2,3)25(27,4)5/h17H,6-16,18-20H2,1-5H3,(H,26,30)(H,28,29). The molecule has 1 saturated heterocycles. The number of rotatable bonds is 17. The third-order valence-corrected chi connectivity index (χ3v) is 7.03. The summed E-state index contributed by atoms with van der Waals surface area (Å²) in [5.41, 5.74) is 0.826. The van der Waals surface area contributed by atoms with Crippen LogP contribution in [-0.2, 0) is 9.53 Å². The summed E-state index contributed by atoms with van der Waals surface area (Å²) in [6.07, 6.45) is 14.3. The number of allylic oxidation sites excluding steroid dienone is 1. The lowest BCUT2D eigenvalue weighted by Gasteiger charge is -2.09. The van der Waals surface area contributed by atoms with E-state index >= 15 is 0 Å². The van der Waals surface area contributed by atoms with E-state index in [4.69, 9.17) is 9.84 Å². The highest BCUT2D eigenvalue weighted by Gasteiger charge is 2.62. The molecule has 0 bridgehead atoms. The van der Waals surface area contributed by atoms with E-state index in [0.29, 0.717) is 18.7 Å². The molecule has 1 rings (SSSR count). The van der Waals surface area contributed by atoms with Gasteiger partial charge in [-0.2, -0.15) is 0 Å². The lowest BCUT2D eigenvalue weighted by atomic mass is 10.0. The van der Waals surface area contributed by atoms with Crippen molar-refractivity contribution in [3.63, 3.8) is 0 Å². The molecule has 0 unspecified atom stereocenters. The van der Waals surface area contributed by atoms with E-state index in [-0.39, 0.29) is 17.2 Å². The van der Waals surface area contributed by atoms with Gasteiger partial charge in [-0.25, -0.2) is 9.59 Å². The van der Waals surface area contributed by atoms with E-state index in [1.54, 1.807) is 6.92 Å². The second-order valence-electron chi connectivity index (χ2n) is 9.85. The van der Waals surface area contributed by atoms with Crippen LogP contribution in [0.4, 0.5) is 4.79 Å². The number of carboxylic acid groups (broad SMARTS) is 1. The lowest BCUT2D eigenvalue weighted by molar-refractivity contribution is -0.132. The summed E-state index contributed by atoms with van der Waals surface area (Å²) < 4.78 is 5.29. The van der Waals surface area contributed by atoms with Crippen LogP contribution in [-0.4, -0.2) is 52.8 Å². The summed E-state index contributed by atoms with van der Waals surface area (Å²) in [4.78, 5) is 24.8. The molecule has 0 aromatic carbocycles. The van der Waals surface area contributed by atoms with E-state index in [9.17, 15) is 9.59 Å². The Kier molecular flexibility index (Phi) is 12.2. The first-order valence-corrected chi connectivity index (χ1v) is 12.2. The molecule has 0 radical (unpaired) electrons. The van der Waals surface area contributed by atoms with Crippen LogP contribution >= 0.6 is 0 Å². The Morgan fingerprint density at radius 3 is 1.84 bits per heavy atom. The van der Waals surface area contributed by atoms with Gasteiger partial charge < -0.3 is 15.2 Å². The van der Waals surface area contributed by atoms with Gasteiger partial charge in [-0.15, -0.1) is 0 Å². The predicted octanol–water partition coefficient (Wildman–Crippen LogP) is 5.91. The molecule has 1 fully saturated rings. The van der Waals surface area contributed by atoms with Gasteiger partial charge in [-0.3, -0.25) is 4.90 Å².